The van der Waals surface area contributed by atoms with Crippen LogP contribution < -0.4 is 4.74 Å². The summed E-state index contributed by atoms with van der Waals surface area (Å²) in [6.07, 6.45) is -3.16. The molecule has 0 aliphatic carbocycles. The smallest absolute Gasteiger partial charge is 0.419 e. The molecule has 39 heavy (non-hydrogen) atoms. The van der Waals surface area contributed by atoms with Gasteiger partial charge in [-0.2, -0.15) is 18.3 Å². The van der Waals surface area contributed by atoms with Crippen molar-refractivity contribution in [3.05, 3.63) is 83.1 Å². The van der Waals surface area contributed by atoms with Gasteiger partial charge in [0.25, 0.3) is 0 Å². The van der Waals surface area contributed by atoms with Crippen molar-refractivity contribution in [1.29, 1.82) is 0 Å². The van der Waals surface area contributed by atoms with Crippen LogP contribution in [-0.2, 0) is 33.6 Å². The summed E-state index contributed by atoms with van der Waals surface area (Å²) < 4.78 is 51.8. The lowest BCUT2D eigenvalue weighted by Gasteiger charge is -2.42. The van der Waals surface area contributed by atoms with Crippen molar-refractivity contribution >= 4 is 23.4 Å². The number of aromatic nitrogens is 2. The van der Waals surface area contributed by atoms with Gasteiger partial charge in [0, 0.05) is 31.4 Å². The Bertz CT molecular complexity index is 1270. The van der Waals surface area contributed by atoms with Crippen LogP contribution in [0.25, 0.3) is 0 Å². The Kier molecular flexibility index (Phi) is 8.81. The summed E-state index contributed by atoms with van der Waals surface area (Å²) in [7, 11) is 1.69. The minimum absolute atomic E-state index is 0.0116. The third-order valence-electron chi connectivity index (χ3n) is 6.34. The van der Waals surface area contributed by atoms with Gasteiger partial charge in [-0.25, -0.2) is 0 Å². The molecule has 1 aliphatic rings. The number of hydrogen-bond donors (Lipinski definition) is 0. The van der Waals surface area contributed by atoms with Crippen LogP contribution in [0.2, 0.25) is 5.02 Å². The highest BCUT2D eigenvalue weighted by Crippen LogP contribution is 2.29. The van der Waals surface area contributed by atoms with Gasteiger partial charge >= 0.3 is 6.18 Å². The average Bonchev–Trinajstić information content (AvgIpc) is 3.38. The highest BCUT2D eigenvalue weighted by Gasteiger charge is 2.42. The van der Waals surface area contributed by atoms with E-state index in [0.717, 1.165) is 16.4 Å². The quantitative estimate of drug-likeness (QED) is 0.388. The highest BCUT2D eigenvalue weighted by atomic mass is 35.5. The number of carbonyl (C=O) groups is 2. The number of ether oxygens (including phenoxy) is 2. The number of halogens is 4. The monoisotopic (exact) mass is 564 g/mol. The molecule has 12 heteroatoms. The van der Waals surface area contributed by atoms with Crippen molar-refractivity contribution in [3.8, 4) is 5.75 Å². The zero-order chi connectivity index (χ0) is 28.0. The minimum Gasteiger partial charge on any atom is -0.490 e. The molecule has 4 rings (SSSR count). The van der Waals surface area contributed by atoms with E-state index in [1.165, 1.54) is 4.90 Å². The molecule has 2 amide bonds. The summed E-state index contributed by atoms with van der Waals surface area (Å²) in [4.78, 5) is 29.4. The van der Waals surface area contributed by atoms with Crippen LogP contribution in [0.5, 0.6) is 5.75 Å². The Labute approximate surface area is 228 Å². The maximum absolute atomic E-state index is 13.3. The molecule has 0 radical (unpaired) electrons. The van der Waals surface area contributed by atoms with E-state index in [4.69, 9.17) is 21.1 Å². The summed E-state index contributed by atoms with van der Waals surface area (Å²) in [5, 5.41) is 4.20. The van der Waals surface area contributed by atoms with Crippen LogP contribution in [0, 0.1) is 0 Å². The molecule has 0 spiro atoms. The predicted molar refractivity (Wildman–Crippen MR) is 137 cm³/mol. The van der Waals surface area contributed by atoms with Crippen molar-refractivity contribution in [1.82, 2.24) is 19.6 Å². The zero-order valence-electron chi connectivity index (χ0n) is 21.2. The molecule has 208 valence electrons. The third-order valence-corrected chi connectivity index (χ3v) is 6.59. The standard InChI is InChI=1S/C27H28ClF3N4O4/c1-33(15-20-5-3-2-4-6-20)24(36)13-26(19-38-23-9-7-22(28)8-10-23)18-34(11-12-39-26)25(37)17-35-16-21(14-32-35)27(29,30)31/h2-10,14,16H,11-13,15,17-19H2,1H3. The number of hydrogen-bond acceptors (Lipinski definition) is 5. The molecule has 1 aromatic heterocycles. The number of rotatable bonds is 9. The van der Waals surface area contributed by atoms with Gasteiger partial charge in [-0.1, -0.05) is 41.9 Å². The summed E-state index contributed by atoms with van der Waals surface area (Å²) in [6.45, 7) is 0.311. The Morgan fingerprint density at radius 1 is 1.15 bits per heavy atom. The number of nitrogens with zero attached hydrogens (tertiary/aromatic N) is 4. The topological polar surface area (TPSA) is 76.9 Å². The van der Waals surface area contributed by atoms with Crippen LogP contribution in [-0.4, -0.2) is 70.3 Å². The summed E-state index contributed by atoms with van der Waals surface area (Å²) in [5.74, 6) is -0.155. The van der Waals surface area contributed by atoms with E-state index < -0.39 is 23.2 Å². The molecular formula is C27H28ClF3N4O4. The molecule has 2 heterocycles. The maximum Gasteiger partial charge on any atom is 0.419 e. The van der Waals surface area contributed by atoms with Gasteiger partial charge in [-0.15, -0.1) is 0 Å². The van der Waals surface area contributed by atoms with Crippen molar-refractivity contribution in [2.45, 2.75) is 31.3 Å². The number of benzene rings is 2. The average molecular weight is 565 g/mol. The first-order valence-electron chi connectivity index (χ1n) is 12.2. The second kappa shape index (κ2) is 12.1. The number of amides is 2. The molecule has 0 saturated carbocycles. The van der Waals surface area contributed by atoms with E-state index >= 15 is 0 Å². The molecule has 1 fully saturated rings. The van der Waals surface area contributed by atoms with E-state index in [0.29, 0.717) is 23.5 Å². The highest BCUT2D eigenvalue weighted by molar-refractivity contribution is 6.30. The number of alkyl halides is 3. The first kappa shape index (κ1) is 28.4. The number of morpholine rings is 1. The van der Waals surface area contributed by atoms with Crippen LogP contribution in [0.15, 0.2) is 67.0 Å². The van der Waals surface area contributed by atoms with Gasteiger partial charge in [-0.05, 0) is 29.8 Å². The first-order chi connectivity index (χ1) is 18.5. The SMILES string of the molecule is CN(Cc1ccccc1)C(=O)CC1(COc2ccc(Cl)cc2)CN(C(=O)Cn2cc(C(F)(F)F)cn2)CCO1. The van der Waals surface area contributed by atoms with Gasteiger partial charge in [0.15, 0.2) is 0 Å². The Morgan fingerprint density at radius 2 is 1.87 bits per heavy atom. The minimum atomic E-state index is -4.56. The Hall–Kier alpha value is -3.57. The van der Waals surface area contributed by atoms with E-state index in [-0.39, 0.29) is 45.2 Å². The van der Waals surface area contributed by atoms with Gasteiger partial charge in [0.05, 0.1) is 31.3 Å². The maximum atomic E-state index is 13.3. The van der Waals surface area contributed by atoms with E-state index in [1.807, 2.05) is 30.3 Å². The molecule has 1 saturated heterocycles. The van der Waals surface area contributed by atoms with Crippen molar-refractivity contribution < 1.29 is 32.2 Å². The van der Waals surface area contributed by atoms with Crippen LogP contribution in [0.4, 0.5) is 13.2 Å². The molecule has 2 aromatic carbocycles. The van der Waals surface area contributed by atoms with Crippen LogP contribution in [0.1, 0.15) is 17.5 Å². The molecule has 0 bridgehead atoms. The summed E-state index contributed by atoms with van der Waals surface area (Å²) >= 11 is 5.96. The summed E-state index contributed by atoms with van der Waals surface area (Å²) in [5.41, 5.74) is -1.16. The molecule has 1 unspecified atom stereocenters. The molecule has 0 N–H and O–H groups in total. The fourth-order valence-electron chi connectivity index (χ4n) is 4.24. The molecule has 8 nitrogen and oxygen atoms in total. The van der Waals surface area contributed by atoms with Crippen molar-refractivity contribution in [3.63, 3.8) is 0 Å². The fourth-order valence-corrected chi connectivity index (χ4v) is 4.37. The van der Waals surface area contributed by atoms with E-state index in [9.17, 15) is 22.8 Å². The molecule has 3 aromatic rings. The largest absolute Gasteiger partial charge is 0.490 e. The second-order valence-corrected chi connectivity index (χ2v) is 9.86. The lowest BCUT2D eigenvalue weighted by atomic mass is 9.96. The van der Waals surface area contributed by atoms with Gasteiger partial charge in [-0.3, -0.25) is 14.3 Å². The first-order valence-corrected chi connectivity index (χ1v) is 12.6. The van der Waals surface area contributed by atoms with Crippen LogP contribution >= 0.6 is 11.6 Å². The normalized spacial score (nSPS) is 17.6. The zero-order valence-corrected chi connectivity index (χ0v) is 22.0. The predicted octanol–water partition coefficient (Wildman–Crippen LogP) is 4.28. The van der Waals surface area contributed by atoms with Crippen molar-refractivity contribution in [2.75, 3.05) is 33.4 Å². The van der Waals surface area contributed by atoms with E-state index in [1.54, 1.807) is 36.2 Å². The van der Waals surface area contributed by atoms with Crippen LogP contribution in [0.3, 0.4) is 0 Å². The lowest BCUT2D eigenvalue weighted by Crippen LogP contribution is -2.58. The summed E-state index contributed by atoms with van der Waals surface area (Å²) in [6, 6.07) is 16.2. The molecular weight excluding hydrogens is 537 g/mol. The van der Waals surface area contributed by atoms with Gasteiger partial charge in [0.2, 0.25) is 11.8 Å². The Balaban J connectivity index is 1.48. The second-order valence-electron chi connectivity index (χ2n) is 9.43. The van der Waals surface area contributed by atoms with Gasteiger partial charge in [0.1, 0.15) is 24.5 Å². The molecule has 1 aliphatic heterocycles. The molecule has 1 atom stereocenters. The fraction of sp³-hybridized carbons (Fsp3) is 0.370. The van der Waals surface area contributed by atoms with Gasteiger partial charge < -0.3 is 19.3 Å². The third kappa shape index (κ3) is 7.73. The van der Waals surface area contributed by atoms with Crippen molar-refractivity contribution in [2.24, 2.45) is 0 Å². The lowest BCUT2D eigenvalue weighted by molar-refractivity contribution is -0.166. The Morgan fingerprint density at radius 3 is 2.54 bits per heavy atom. The number of carbonyl (C=O) groups excluding carboxylic acids is 2. The van der Waals surface area contributed by atoms with E-state index in [2.05, 4.69) is 5.10 Å².